The zero-order valence-corrected chi connectivity index (χ0v) is 10.7. The summed E-state index contributed by atoms with van der Waals surface area (Å²) in [4.78, 5) is 4.57. The zero-order valence-electron chi connectivity index (χ0n) is 10.7. The summed E-state index contributed by atoms with van der Waals surface area (Å²) in [5.74, 6) is 0.836. The third kappa shape index (κ3) is 2.50. The first-order valence-corrected chi connectivity index (χ1v) is 6.21. The van der Waals surface area contributed by atoms with Crippen LogP contribution >= 0.6 is 0 Å². The Morgan fingerprint density at radius 3 is 2.74 bits per heavy atom. The summed E-state index contributed by atoms with van der Waals surface area (Å²) in [7, 11) is 0. The lowest BCUT2D eigenvalue weighted by atomic mass is 10.2. The van der Waals surface area contributed by atoms with Crippen molar-refractivity contribution in [3.05, 3.63) is 60.2 Å². The van der Waals surface area contributed by atoms with Crippen molar-refractivity contribution in [1.29, 1.82) is 0 Å². The van der Waals surface area contributed by atoms with Crippen LogP contribution in [0.25, 0.3) is 10.9 Å². The Morgan fingerprint density at radius 2 is 1.89 bits per heavy atom. The Hall–Kier alpha value is -2.55. The van der Waals surface area contributed by atoms with Crippen LogP contribution in [-0.4, -0.2) is 4.98 Å². The number of rotatable bonds is 2. The molecule has 3 N–H and O–H groups in total. The van der Waals surface area contributed by atoms with Gasteiger partial charge in [0, 0.05) is 16.8 Å². The highest BCUT2D eigenvalue weighted by atomic mass is 15.0. The summed E-state index contributed by atoms with van der Waals surface area (Å²) < 4.78 is 0. The molecule has 19 heavy (non-hydrogen) atoms. The van der Waals surface area contributed by atoms with Gasteiger partial charge in [-0.2, -0.15) is 0 Å². The number of hydrogen-bond donors (Lipinski definition) is 2. The van der Waals surface area contributed by atoms with E-state index in [9.17, 15) is 0 Å². The first-order valence-electron chi connectivity index (χ1n) is 6.21. The minimum atomic E-state index is 0.758. The van der Waals surface area contributed by atoms with E-state index in [4.69, 9.17) is 5.73 Å². The Morgan fingerprint density at radius 1 is 1.00 bits per heavy atom. The van der Waals surface area contributed by atoms with Gasteiger partial charge in [0.15, 0.2) is 0 Å². The van der Waals surface area contributed by atoms with Crippen molar-refractivity contribution in [3.63, 3.8) is 0 Å². The smallest absolute Gasteiger partial charge is 0.131 e. The van der Waals surface area contributed by atoms with Gasteiger partial charge in [0.05, 0.1) is 5.52 Å². The lowest BCUT2D eigenvalue weighted by Gasteiger charge is -2.07. The van der Waals surface area contributed by atoms with Crippen molar-refractivity contribution in [1.82, 2.24) is 4.98 Å². The average molecular weight is 249 g/mol. The van der Waals surface area contributed by atoms with Gasteiger partial charge in [-0.25, -0.2) is 4.98 Å². The number of aromatic nitrogens is 1. The molecular weight excluding hydrogens is 234 g/mol. The highest BCUT2D eigenvalue weighted by molar-refractivity contribution is 5.83. The maximum atomic E-state index is 5.76. The molecule has 0 saturated heterocycles. The molecule has 0 fully saturated rings. The first kappa shape index (κ1) is 11.5. The van der Waals surface area contributed by atoms with Crippen molar-refractivity contribution >= 4 is 28.1 Å². The molecular formula is C16H15N3. The second-order valence-corrected chi connectivity index (χ2v) is 4.64. The van der Waals surface area contributed by atoms with Crippen molar-refractivity contribution < 1.29 is 0 Å². The minimum Gasteiger partial charge on any atom is -0.399 e. The van der Waals surface area contributed by atoms with E-state index < -0.39 is 0 Å². The highest BCUT2D eigenvalue weighted by Crippen LogP contribution is 2.21. The molecule has 0 bridgehead atoms. The van der Waals surface area contributed by atoms with Gasteiger partial charge in [0.2, 0.25) is 0 Å². The molecule has 0 aliphatic rings. The maximum Gasteiger partial charge on any atom is 0.131 e. The zero-order chi connectivity index (χ0) is 13.2. The van der Waals surface area contributed by atoms with E-state index in [1.165, 1.54) is 5.56 Å². The molecule has 3 aromatic rings. The lowest BCUT2D eigenvalue weighted by Crippen LogP contribution is -1.94. The van der Waals surface area contributed by atoms with Gasteiger partial charge in [-0.3, -0.25) is 0 Å². The molecule has 0 aliphatic heterocycles. The number of fused-ring (bicyclic) bond motifs is 1. The number of pyridine rings is 1. The van der Waals surface area contributed by atoms with Crippen LogP contribution in [0.4, 0.5) is 17.2 Å². The van der Waals surface area contributed by atoms with Crippen molar-refractivity contribution in [2.75, 3.05) is 11.1 Å². The molecule has 0 radical (unpaired) electrons. The number of aryl methyl sites for hydroxylation is 1. The van der Waals surface area contributed by atoms with Gasteiger partial charge in [-0.15, -0.1) is 0 Å². The van der Waals surface area contributed by atoms with Gasteiger partial charge < -0.3 is 11.1 Å². The molecule has 3 rings (SSSR count). The molecule has 2 aromatic carbocycles. The predicted molar refractivity (Wildman–Crippen MR) is 80.6 cm³/mol. The second kappa shape index (κ2) is 4.61. The van der Waals surface area contributed by atoms with E-state index in [0.717, 1.165) is 28.1 Å². The molecule has 3 heteroatoms. The van der Waals surface area contributed by atoms with Crippen LogP contribution in [0.5, 0.6) is 0 Å². The van der Waals surface area contributed by atoms with Crippen molar-refractivity contribution in [2.45, 2.75) is 6.92 Å². The summed E-state index contributed by atoms with van der Waals surface area (Å²) in [6.45, 7) is 2.07. The quantitative estimate of drug-likeness (QED) is 0.678. The van der Waals surface area contributed by atoms with Gasteiger partial charge >= 0.3 is 0 Å². The number of benzene rings is 2. The summed E-state index contributed by atoms with van der Waals surface area (Å²) in [6.07, 6.45) is 0. The van der Waals surface area contributed by atoms with Crippen LogP contribution in [0.2, 0.25) is 0 Å². The number of nitrogens with one attached hydrogen (secondary N) is 1. The Bertz CT molecular complexity index is 735. The third-order valence-corrected chi connectivity index (χ3v) is 3.00. The lowest BCUT2D eigenvalue weighted by molar-refractivity contribution is 1.36. The van der Waals surface area contributed by atoms with Gasteiger partial charge in [-0.05, 0) is 55.0 Å². The number of nitrogens with zero attached hydrogens (tertiary/aromatic N) is 1. The first-order chi connectivity index (χ1) is 9.20. The monoisotopic (exact) mass is 249 g/mol. The van der Waals surface area contributed by atoms with Gasteiger partial charge in [0.25, 0.3) is 0 Å². The molecule has 0 amide bonds. The Kier molecular flexibility index (Phi) is 2.80. The fraction of sp³-hybridized carbons (Fsp3) is 0.0625. The van der Waals surface area contributed by atoms with Gasteiger partial charge in [-0.1, -0.05) is 12.1 Å². The summed E-state index contributed by atoms with van der Waals surface area (Å²) >= 11 is 0. The maximum absolute atomic E-state index is 5.76. The fourth-order valence-electron chi connectivity index (χ4n) is 2.08. The second-order valence-electron chi connectivity index (χ2n) is 4.64. The van der Waals surface area contributed by atoms with Crippen LogP contribution in [-0.2, 0) is 0 Å². The largest absolute Gasteiger partial charge is 0.399 e. The van der Waals surface area contributed by atoms with E-state index in [1.54, 1.807) is 0 Å². The van der Waals surface area contributed by atoms with Crippen LogP contribution in [0, 0.1) is 6.92 Å². The number of hydrogen-bond acceptors (Lipinski definition) is 3. The highest BCUT2D eigenvalue weighted by Gasteiger charge is 2.00. The summed E-state index contributed by atoms with van der Waals surface area (Å²) in [6, 6.07) is 17.9. The van der Waals surface area contributed by atoms with Crippen molar-refractivity contribution in [2.24, 2.45) is 0 Å². The topological polar surface area (TPSA) is 50.9 Å². The van der Waals surface area contributed by atoms with E-state index >= 15 is 0 Å². The molecule has 0 atom stereocenters. The molecule has 1 heterocycles. The van der Waals surface area contributed by atoms with E-state index in [1.807, 2.05) is 42.5 Å². The van der Waals surface area contributed by atoms with Crippen molar-refractivity contribution in [3.8, 4) is 0 Å². The van der Waals surface area contributed by atoms with Crippen LogP contribution in [0.15, 0.2) is 54.6 Å². The van der Waals surface area contributed by atoms with Crippen LogP contribution in [0.1, 0.15) is 5.56 Å². The molecule has 94 valence electrons. The molecule has 1 aromatic heterocycles. The molecule has 0 saturated carbocycles. The van der Waals surface area contributed by atoms with E-state index in [-0.39, 0.29) is 0 Å². The van der Waals surface area contributed by atoms with Crippen LogP contribution < -0.4 is 11.1 Å². The number of nitrogens with two attached hydrogens (primary N) is 1. The normalized spacial score (nSPS) is 10.6. The molecule has 0 aliphatic carbocycles. The van der Waals surface area contributed by atoms with E-state index in [0.29, 0.717) is 0 Å². The van der Waals surface area contributed by atoms with Gasteiger partial charge in [0.1, 0.15) is 5.82 Å². The van der Waals surface area contributed by atoms with Crippen LogP contribution in [0.3, 0.4) is 0 Å². The predicted octanol–water partition coefficient (Wildman–Crippen LogP) is 3.87. The molecule has 0 spiro atoms. The molecule has 0 unspecified atom stereocenters. The average Bonchev–Trinajstić information content (AvgIpc) is 2.39. The molecule has 3 nitrogen and oxygen atoms in total. The fourth-order valence-corrected chi connectivity index (χ4v) is 2.08. The summed E-state index contributed by atoms with van der Waals surface area (Å²) in [5, 5.41) is 4.36. The minimum absolute atomic E-state index is 0.758. The number of anilines is 3. The van der Waals surface area contributed by atoms with E-state index in [2.05, 4.69) is 29.4 Å². The Labute approximate surface area is 112 Å². The number of nitrogen functional groups attached to an aromatic ring is 1. The summed E-state index contributed by atoms with van der Waals surface area (Å²) in [5.41, 5.74) is 9.72. The SMILES string of the molecule is Cc1cccc(Nc2ccc3cc(N)ccc3n2)c1. The Balaban J connectivity index is 1.95. The standard InChI is InChI=1S/C16H15N3/c1-11-3-2-4-14(9-11)18-16-8-5-12-10-13(17)6-7-15(12)19-16/h2-10H,17H2,1H3,(H,18,19). The third-order valence-electron chi connectivity index (χ3n) is 3.00.